The summed E-state index contributed by atoms with van der Waals surface area (Å²) >= 11 is 0. The van der Waals surface area contributed by atoms with Crippen LogP contribution in [0.2, 0.25) is 0 Å². The first-order chi connectivity index (χ1) is 15.2. The van der Waals surface area contributed by atoms with Gasteiger partial charge in [0.25, 0.3) is 5.91 Å². The van der Waals surface area contributed by atoms with Crippen molar-refractivity contribution in [3.63, 3.8) is 0 Å². The summed E-state index contributed by atoms with van der Waals surface area (Å²) < 4.78 is 0. The number of amides is 1. The number of piperidine rings is 1. The molecule has 0 bridgehead atoms. The molecule has 1 fully saturated rings. The molecule has 5 nitrogen and oxygen atoms in total. The van der Waals surface area contributed by atoms with Gasteiger partial charge in [-0.3, -0.25) is 9.69 Å². The van der Waals surface area contributed by atoms with Crippen molar-refractivity contribution in [2.24, 2.45) is 17.1 Å². The summed E-state index contributed by atoms with van der Waals surface area (Å²) in [4.78, 5) is 17.3. The second-order valence-electron chi connectivity index (χ2n) is 9.81. The van der Waals surface area contributed by atoms with Crippen LogP contribution in [0.5, 0.6) is 0 Å². The van der Waals surface area contributed by atoms with E-state index >= 15 is 0 Å². The van der Waals surface area contributed by atoms with E-state index in [2.05, 4.69) is 62.6 Å². The molecule has 32 heavy (non-hydrogen) atoms. The van der Waals surface area contributed by atoms with Gasteiger partial charge in [0, 0.05) is 19.7 Å². The fourth-order valence-corrected chi connectivity index (χ4v) is 4.56. The zero-order valence-corrected chi connectivity index (χ0v) is 20.3. The van der Waals surface area contributed by atoms with Gasteiger partial charge in [0.1, 0.15) is 5.82 Å². The smallest absolute Gasteiger partial charge is 0.250 e. The van der Waals surface area contributed by atoms with E-state index in [-0.39, 0.29) is 17.9 Å². The van der Waals surface area contributed by atoms with E-state index in [0.29, 0.717) is 5.57 Å². The number of carbonyl (C=O) groups excluding carboxylic acids is 1. The Morgan fingerprint density at radius 3 is 2.44 bits per heavy atom. The SMILES string of the molecule is CCC/C=C1\C(C(N)=O)=CC(C(C)C)=C(N2CCC(C)(CO)CC2)N1c1ccccc1C. The predicted octanol–water partition coefficient (Wildman–Crippen LogP) is 4.87. The maximum atomic E-state index is 12.6. The number of para-hydroxylation sites is 1. The Labute approximate surface area is 193 Å². The monoisotopic (exact) mass is 437 g/mol. The molecule has 2 aliphatic rings. The lowest BCUT2D eigenvalue weighted by atomic mass is 9.81. The summed E-state index contributed by atoms with van der Waals surface area (Å²) in [6.45, 7) is 12.7. The average Bonchev–Trinajstić information content (AvgIpc) is 2.77. The van der Waals surface area contributed by atoms with E-state index in [1.54, 1.807) is 0 Å². The molecule has 2 aliphatic heterocycles. The molecule has 0 spiro atoms. The van der Waals surface area contributed by atoms with Crippen LogP contribution in [-0.2, 0) is 4.79 Å². The molecule has 1 saturated heterocycles. The highest BCUT2D eigenvalue weighted by Gasteiger charge is 2.37. The number of rotatable bonds is 7. The molecule has 0 saturated carbocycles. The van der Waals surface area contributed by atoms with Crippen molar-refractivity contribution in [3.8, 4) is 0 Å². The maximum Gasteiger partial charge on any atom is 0.250 e. The van der Waals surface area contributed by atoms with E-state index in [4.69, 9.17) is 5.73 Å². The first-order valence-electron chi connectivity index (χ1n) is 11.9. The van der Waals surface area contributed by atoms with Crippen LogP contribution in [0.3, 0.4) is 0 Å². The second-order valence-corrected chi connectivity index (χ2v) is 9.81. The molecule has 5 heteroatoms. The topological polar surface area (TPSA) is 69.8 Å². The van der Waals surface area contributed by atoms with Crippen molar-refractivity contribution in [2.45, 2.75) is 60.3 Å². The predicted molar refractivity (Wildman–Crippen MR) is 132 cm³/mol. The van der Waals surface area contributed by atoms with Crippen molar-refractivity contribution in [3.05, 3.63) is 64.6 Å². The standard InChI is InChI=1S/C27H39N3O2/c1-6-7-11-24-22(25(28)32)17-21(19(2)3)26(29-15-13-27(5,18-31)14-16-29)30(24)23-12-9-8-10-20(23)4/h8-12,17,19,31H,6-7,13-16,18H2,1-5H3,(H2,28,32)/b24-11+. The van der Waals surface area contributed by atoms with Crippen LogP contribution in [-0.4, -0.2) is 35.6 Å². The molecule has 0 radical (unpaired) electrons. The first kappa shape index (κ1) is 24.1. The molecule has 2 heterocycles. The van der Waals surface area contributed by atoms with Crippen LogP contribution in [0.4, 0.5) is 5.69 Å². The van der Waals surface area contributed by atoms with Gasteiger partial charge in [0.2, 0.25) is 0 Å². The zero-order valence-electron chi connectivity index (χ0n) is 20.3. The number of carbonyl (C=O) groups is 1. The molecule has 3 rings (SSSR count). The Morgan fingerprint density at radius 2 is 1.91 bits per heavy atom. The van der Waals surface area contributed by atoms with E-state index in [9.17, 15) is 9.90 Å². The third-order valence-corrected chi connectivity index (χ3v) is 6.81. The molecule has 0 atom stereocenters. The fraction of sp³-hybridized carbons (Fsp3) is 0.519. The van der Waals surface area contributed by atoms with Gasteiger partial charge in [-0.2, -0.15) is 0 Å². The number of aliphatic hydroxyl groups excluding tert-OH is 1. The number of hydrogen-bond donors (Lipinski definition) is 2. The molecule has 0 unspecified atom stereocenters. The lowest BCUT2D eigenvalue weighted by Gasteiger charge is -2.47. The van der Waals surface area contributed by atoms with Gasteiger partial charge in [-0.15, -0.1) is 0 Å². The number of benzene rings is 1. The van der Waals surface area contributed by atoms with Gasteiger partial charge >= 0.3 is 0 Å². The lowest BCUT2D eigenvalue weighted by Crippen LogP contribution is -2.46. The van der Waals surface area contributed by atoms with Crippen LogP contribution in [0.1, 0.15) is 58.9 Å². The van der Waals surface area contributed by atoms with Gasteiger partial charge in [-0.1, -0.05) is 58.4 Å². The Hall–Kier alpha value is -2.53. The van der Waals surface area contributed by atoms with Crippen LogP contribution in [0, 0.1) is 18.3 Å². The summed E-state index contributed by atoms with van der Waals surface area (Å²) in [6, 6.07) is 8.33. The third kappa shape index (κ3) is 4.78. The van der Waals surface area contributed by atoms with Gasteiger partial charge in [-0.05, 0) is 60.8 Å². The van der Waals surface area contributed by atoms with Crippen LogP contribution < -0.4 is 10.6 Å². The Balaban J connectivity index is 2.24. The minimum Gasteiger partial charge on any atom is -0.396 e. The molecular weight excluding hydrogens is 398 g/mol. The molecule has 0 aliphatic carbocycles. The number of aliphatic hydroxyl groups is 1. The molecule has 0 aromatic heterocycles. The van der Waals surface area contributed by atoms with Crippen LogP contribution in [0.15, 0.2) is 59.1 Å². The maximum absolute atomic E-state index is 12.6. The van der Waals surface area contributed by atoms with Gasteiger partial charge < -0.3 is 15.7 Å². The third-order valence-electron chi connectivity index (χ3n) is 6.81. The Bertz CT molecular complexity index is 934. The number of likely N-dealkylation sites (tertiary alicyclic amines) is 1. The Kier molecular flexibility index (Phi) is 7.50. The number of unbranched alkanes of at least 4 members (excludes halogenated alkanes) is 1. The highest BCUT2D eigenvalue weighted by Crippen LogP contribution is 2.42. The molecular formula is C27H39N3O2. The van der Waals surface area contributed by atoms with Gasteiger partial charge in [0.05, 0.1) is 17.0 Å². The highest BCUT2D eigenvalue weighted by molar-refractivity contribution is 5.99. The van der Waals surface area contributed by atoms with Crippen molar-refractivity contribution in [2.75, 3.05) is 24.6 Å². The minimum absolute atomic E-state index is 0.0354. The summed E-state index contributed by atoms with van der Waals surface area (Å²) in [7, 11) is 0. The number of primary amides is 1. The highest BCUT2D eigenvalue weighted by atomic mass is 16.3. The first-order valence-corrected chi connectivity index (χ1v) is 11.9. The number of hydrogen-bond acceptors (Lipinski definition) is 4. The average molecular weight is 438 g/mol. The number of anilines is 1. The number of aryl methyl sites for hydroxylation is 1. The molecule has 174 valence electrons. The number of nitrogens with two attached hydrogens (primary N) is 1. The number of nitrogens with zero attached hydrogens (tertiary/aromatic N) is 2. The van der Waals surface area contributed by atoms with E-state index < -0.39 is 5.91 Å². The summed E-state index contributed by atoms with van der Waals surface area (Å²) in [5, 5.41) is 9.88. The summed E-state index contributed by atoms with van der Waals surface area (Å²) in [5.74, 6) is 0.973. The van der Waals surface area contributed by atoms with Crippen LogP contribution in [0.25, 0.3) is 0 Å². The summed E-state index contributed by atoms with van der Waals surface area (Å²) in [5.41, 5.74) is 10.7. The lowest BCUT2D eigenvalue weighted by molar-refractivity contribution is -0.114. The number of allylic oxidation sites excluding steroid dienone is 3. The zero-order chi connectivity index (χ0) is 23.5. The van der Waals surface area contributed by atoms with Crippen molar-refractivity contribution in [1.29, 1.82) is 0 Å². The second kappa shape index (κ2) is 9.95. The Morgan fingerprint density at radius 1 is 1.25 bits per heavy atom. The summed E-state index contributed by atoms with van der Waals surface area (Å²) in [6.07, 6.45) is 7.89. The normalized spacial score (nSPS) is 20.2. The fourth-order valence-electron chi connectivity index (χ4n) is 4.56. The van der Waals surface area contributed by atoms with Crippen molar-refractivity contribution < 1.29 is 9.90 Å². The van der Waals surface area contributed by atoms with Crippen molar-refractivity contribution in [1.82, 2.24) is 4.90 Å². The molecule has 1 aromatic carbocycles. The minimum atomic E-state index is -0.394. The van der Waals surface area contributed by atoms with E-state index in [0.717, 1.165) is 67.1 Å². The van der Waals surface area contributed by atoms with Crippen LogP contribution >= 0.6 is 0 Å². The molecule has 3 N–H and O–H groups in total. The van der Waals surface area contributed by atoms with Crippen molar-refractivity contribution >= 4 is 11.6 Å². The molecule has 1 amide bonds. The van der Waals surface area contributed by atoms with Gasteiger partial charge in [0.15, 0.2) is 0 Å². The van der Waals surface area contributed by atoms with E-state index in [1.807, 2.05) is 18.2 Å². The van der Waals surface area contributed by atoms with Gasteiger partial charge in [-0.25, -0.2) is 0 Å². The quantitative estimate of drug-likeness (QED) is 0.638. The van der Waals surface area contributed by atoms with E-state index in [1.165, 1.54) is 0 Å². The largest absolute Gasteiger partial charge is 0.396 e. The molecule has 1 aromatic rings.